The van der Waals surface area contributed by atoms with Gasteiger partial charge in [-0.05, 0) is 55.7 Å². The molecule has 2 aromatic carbocycles. The molecule has 0 aromatic heterocycles. The number of benzene rings is 2. The van der Waals surface area contributed by atoms with E-state index in [-0.39, 0.29) is 12.8 Å². The third-order valence-electron chi connectivity index (χ3n) is 4.13. The molecule has 0 unspecified atom stereocenters. The molecule has 4 nitrogen and oxygen atoms in total. The fraction of sp³-hybridized carbons (Fsp3) is 0.350. The second kappa shape index (κ2) is 7.86. The van der Waals surface area contributed by atoms with Crippen LogP contribution < -0.4 is 9.47 Å². The van der Waals surface area contributed by atoms with Gasteiger partial charge in [0.1, 0.15) is 11.5 Å². The molecule has 24 heavy (non-hydrogen) atoms. The molecule has 2 rings (SSSR count). The highest BCUT2D eigenvalue weighted by Crippen LogP contribution is 2.25. The van der Waals surface area contributed by atoms with E-state index in [0.717, 1.165) is 23.3 Å². The molecule has 0 heterocycles. The fourth-order valence-electron chi connectivity index (χ4n) is 2.02. The molecule has 4 heteroatoms. The number of esters is 1. The van der Waals surface area contributed by atoms with Crippen molar-refractivity contribution in [1.29, 1.82) is 0 Å². The van der Waals surface area contributed by atoms with Crippen molar-refractivity contribution in [2.75, 3.05) is 13.9 Å². The zero-order chi connectivity index (χ0) is 17.6. The second-order valence-corrected chi connectivity index (χ2v) is 6.18. The van der Waals surface area contributed by atoms with Crippen molar-refractivity contribution < 1.29 is 19.0 Å². The molecular formula is C20H24O4. The lowest BCUT2D eigenvalue weighted by atomic mass is 9.91. The summed E-state index contributed by atoms with van der Waals surface area (Å²) in [6.07, 6.45) is 0.725. The van der Waals surface area contributed by atoms with E-state index in [1.54, 1.807) is 7.11 Å². The molecule has 0 aliphatic heterocycles. The Morgan fingerprint density at radius 3 is 1.88 bits per heavy atom. The second-order valence-electron chi connectivity index (χ2n) is 6.18. The standard InChI is InChI=1S/C20H24O4/c1-5-20(2,3)19(21)24-14-23-18-12-8-16(9-13-18)15-6-10-17(22-4)11-7-15/h6-13H,5,14H2,1-4H3. The van der Waals surface area contributed by atoms with Gasteiger partial charge >= 0.3 is 5.97 Å². The molecule has 128 valence electrons. The SMILES string of the molecule is CCC(C)(C)C(=O)OCOc1ccc(-c2ccc(OC)cc2)cc1. The summed E-state index contributed by atoms with van der Waals surface area (Å²) in [5.74, 6) is 1.24. The van der Waals surface area contributed by atoms with Crippen LogP contribution in [0.25, 0.3) is 11.1 Å². The van der Waals surface area contributed by atoms with Crippen molar-refractivity contribution in [3.05, 3.63) is 48.5 Å². The van der Waals surface area contributed by atoms with Crippen molar-refractivity contribution in [2.45, 2.75) is 27.2 Å². The first kappa shape index (κ1) is 17.9. The van der Waals surface area contributed by atoms with E-state index < -0.39 is 5.41 Å². The highest BCUT2D eigenvalue weighted by atomic mass is 16.7. The normalized spacial score (nSPS) is 11.0. The number of ether oxygens (including phenoxy) is 3. The zero-order valence-corrected chi connectivity index (χ0v) is 14.7. The highest BCUT2D eigenvalue weighted by Gasteiger charge is 2.27. The van der Waals surface area contributed by atoms with E-state index in [1.807, 2.05) is 69.3 Å². The van der Waals surface area contributed by atoms with E-state index in [0.29, 0.717) is 5.75 Å². The van der Waals surface area contributed by atoms with Gasteiger partial charge in [0.15, 0.2) is 0 Å². The first-order valence-electron chi connectivity index (χ1n) is 8.01. The van der Waals surface area contributed by atoms with Gasteiger partial charge in [-0.2, -0.15) is 0 Å². The molecule has 0 aliphatic rings. The summed E-state index contributed by atoms with van der Waals surface area (Å²) >= 11 is 0. The lowest BCUT2D eigenvalue weighted by molar-refractivity contribution is -0.160. The number of carbonyl (C=O) groups excluding carboxylic acids is 1. The summed E-state index contributed by atoms with van der Waals surface area (Å²) in [6, 6.07) is 15.5. The quantitative estimate of drug-likeness (QED) is 0.547. The van der Waals surface area contributed by atoms with Crippen LogP contribution in [-0.4, -0.2) is 19.9 Å². The largest absolute Gasteiger partial charge is 0.497 e. The van der Waals surface area contributed by atoms with Gasteiger partial charge in [0.2, 0.25) is 6.79 Å². The Hall–Kier alpha value is -2.49. The van der Waals surface area contributed by atoms with Crippen molar-refractivity contribution >= 4 is 5.97 Å². The molecule has 2 aromatic rings. The summed E-state index contributed by atoms with van der Waals surface area (Å²) in [5, 5.41) is 0. The fourth-order valence-corrected chi connectivity index (χ4v) is 2.02. The van der Waals surface area contributed by atoms with Crippen LogP contribution in [0.1, 0.15) is 27.2 Å². The predicted molar refractivity (Wildman–Crippen MR) is 94.1 cm³/mol. The summed E-state index contributed by atoms with van der Waals surface area (Å²) in [6.45, 7) is 5.60. The smallest absolute Gasteiger partial charge is 0.314 e. The Morgan fingerprint density at radius 2 is 1.42 bits per heavy atom. The monoisotopic (exact) mass is 328 g/mol. The van der Waals surface area contributed by atoms with Crippen molar-refractivity contribution in [3.8, 4) is 22.6 Å². The molecule has 0 spiro atoms. The van der Waals surface area contributed by atoms with Crippen LogP contribution >= 0.6 is 0 Å². The Balaban J connectivity index is 1.91. The van der Waals surface area contributed by atoms with E-state index >= 15 is 0 Å². The molecule has 0 N–H and O–H groups in total. The van der Waals surface area contributed by atoms with Crippen LogP contribution in [0.4, 0.5) is 0 Å². The number of carbonyl (C=O) groups is 1. The minimum Gasteiger partial charge on any atom is -0.497 e. The lowest BCUT2D eigenvalue weighted by Gasteiger charge is -2.20. The number of hydrogen-bond donors (Lipinski definition) is 0. The van der Waals surface area contributed by atoms with Gasteiger partial charge in [-0.15, -0.1) is 0 Å². The summed E-state index contributed by atoms with van der Waals surface area (Å²) in [4.78, 5) is 11.9. The first-order chi connectivity index (χ1) is 11.5. The van der Waals surface area contributed by atoms with Crippen LogP contribution in [0, 0.1) is 5.41 Å². The van der Waals surface area contributed by atoms with Gasteiger partial charge in [-0.25, -0.2) is 0 Å². The maximum Gasteiger partial charge on any atom is 0.314 e. The van der Waals surface area contributed by atoms with Crippen LogP contribution in [0.15, 0.2) is 48.5 Å². The molecular weight excluding hydrogens is 304 g/mol. The molecule has 0 aliphatic carbocycles. The minimum atomic E-state index is -0.485. The summed E-state index contributed by atoms with van der Waals surface area (Å²) in [5.41, 5.74) is 1.69. The maximum absolute atomic E-state index is 11.9. The van der Waals surface area contributed by atoms with Gasteiger partial charge in [-0.1, -0.05) is 31.2 Å². The van der Waals surface area contributed by atoms with Crippen LogP contribution in [0.5, 0.6) is 11.5 Å². The average molecular weight is 328 g/mol. The van der Waals surface area contributed by atoms with Crippen molar-refractivity contribution in [3.63, 3.8) is 0 Å². The number of hydrogen-bond acceptors (Lipinski definition) is 4. The van der Waals surface area contributed by atoms with Crippen LogP contribution in [0.3, 0.4) is 0 Å². The lowest BCUT2D eigenvalue weighted by Crippen LogP contribution is -2.27. The van der Waals surface area contributed by atoms with Crippen molar-refractivity contribution in [2.24, 2.45) is 5.41 Å². The van der Waals surface area contributed by atoms with Gasteiger partial charge in [-0.3, -0.25) is 4.79 Å². The third kappa shape index (κ3) is 4.51. The molecule has 0 saturated heterocycles. The average Bonchev–Trinajstić information content (AvgIpc) is 2.62. The third-order valence-corrected chi connectivity index (χ3v) is 4.13. The molecule has 0 fully saturated rings. The van der Waals surface area contributed by atoms with Gasteiger partial charge < -0.3 is 14.2 Å². The molecule has 0 atom stereocenters. The Bertz CT molecular complexity index is 657. The van der Waals surface area contributed by atoms with Gasteiger partial charge in [0, 0.05) is 0 Å². The number of rotatable bonds is 7. The zero-order valence-electron chi connectivity index (χ0n) is 14.7. The minimum absolute atomic E-state index is 0.0792. The Labute approximate surface area is 143 Å². The number of methoxy groups -OCH3 is 1. The molecule has 0 amide bonds. The van der Waals surface area contributed by atoms with Crippen LogP contribution in [0.2, 0.25) is 0 Å². The topological polar surface area (TPSA) is 44.8 Å². The van der Waals surface area contributed by atoms with Gasteiger partial charge in [0.05, 0.1) is 12.5 Å². The highest BCUT2D eigenvalue weighted by molar-refractivity contribution is 5.75. The van der Waals surface area contributed by atoms with E-state index in [4.69, 9.17) is 14.2 Å². The van der Waals surface area contributed by atoms with E-state index in [2.05, 4.69) is 0 Å². The summed E-state index contributed by atoms with van der Waals surface area (Å²) < 4.78 is 15.8. The maximum atomic E-state index is 11.9. The van der Waals surface area contributed by atoms with E-state index in [1.165, 1.54) is 0 Å². The molecule has 0 saturated carbocycles. The van der Waals surface area contributed by atoms with Gasteiger partial charge in [0.25, 0.3) is 0 Å². The van der Waals surface area contributed by atoms with E-state index in [9.17, 15) is 4.79 Å². The summed E-state index contributed by atoms with van der Waals surface area (Å²) in [7, 11) is 1.65. The van der Waals surface area contributed by atoms with Crippen LogP contribution in [-0.2, 0) is 9.53 Å². The Kier molecular flexibility index (Phi) is 5.85. The Morgan fingerprint density at radius 1 is 0.917 bits per heavy atom. The molecule has 0 bridgehead atoms. The first-order valence-corrected chi connectivity index (χ1v) is 8.01. The molecule has 0 radical (unpaired) electrons. The van der Waals surface area contributed by atoms with Crippen molar-refractivity contribution in [1.82, 2.24) is 0 Å². The predicted octanol–water partition coefficient (Wildman–Crippen LogP) is 4.68.